The van der Waals surface area contributed by atoms with Gasteiger partial charge in [0.15, 0.2) is 0 Å². The van der Waals surface area contributed by atoms with E-state index >= 15 is 0 Å². The van der Waals surface area contributed by atoms with E-state index in [1.807, 2.05) is 24.3 Å². The number of nitrogens with two attached hydrogens (primary N) is 2. The van der Waals surface area contributed by atoms with E-state index in [2.05, 4.69) is 9.97 Å². The molecule has 0 bridgehead atoms. The van der Waals surface area contributed by atoms with E-state index in [1.54, 1.807) is 47.4 Å². The van der Waals surface area contributed by atoms with Crippen LogP contribution in [0, 0.1) is 0 Å². The molecule has 1 saturated heterocycles. The number of hydrogen-bond acceptors (Lipinski definition) is 7. The van der Waals surface area contributed by atoms with Crippen molar-refractivity contribution in [1.82, 2.24) is 19.2 Å². The minimum atomic E-state index is -3.75. The Morgan fingerprint density at radius 1 is 0.946 bits per heavy atom. The number of benzene rings is 3. The quantitative estimate of drug-likeness (QED) is 0.427. The van der Waals surface area contributed by atoms with Crippen molar-refractivity contribution in [2.45, 2.75) is 30.4 Å². The summed E-state index contributed by atoms with van der Waals surface area (Å²) in [5.41, 5.74) is 16.0. The number of carbonyl (C=O) groups excluding carboxylic acids is 1. The van der Waals surface area contributed by atoms with Gasteiger partial charge in [0.05, 0.1) is 10.4 Å². The van der Waals surface area contributed by atoms with Crippen LogP contribution in [0.2, 0.25) is 0 Å². The molecule has 3 heterocycles. The molecule has 2 aliphatic rings. The molecule has 0 aliphatic carbocycles. The van der Waals surface area contributed by atoms with Crippen molar-refractivity contribution in [1.29, 1.82) is 0 Å². The predicted octanol–water partition coefficient (Wildman–Crippen LogP) is 2.76. The normalized spacial score (nSPS) is 17.9. The lowest BCUT2D eigenvalue weighted by atomic mass is 10.0. The molecular formula is C27H26N6O3S. The van der Waals surface area contributed by atoms with Crippen LogP contribution >= 0.6 is 0 Å². The van der Waals surface area contributed by atoms with Crippen LogP contribution in [-0.2, 0) is 23.1 Å². The topological polar surface area (TPSA) is 136 Å². The summed E-state index contributed by atoms with van der Waals surface area (Å²) in [6.45, 7) is 1.65. The van der Waals surface area contributed by atoms with E-state index in [-0.39, 0.29) is 28.5 Å². The number of fused-ring (bicyclic) bond motifs is 2. The van der Waals surface area contributed by atoms with Crippen molar-refractivity contribution in [3.63, 3.8) is 0 Å². The number of nitrogen functional groups attached to an aromatic ring is 1. The first-order chi connectivity index (χ1) is 17.8. The van der Waals surface area contributed by atoms with E-state index in [0.717, 1.165) is 11.1 Å². The summed E-state index contributed by atoms with van der Waals surface area (Å²) in [6, 6.07) is 19.9. The maximum atomic E-state index is 13.6. The van der Waals surface area contributed by atoms with Crippen LogP contribution in [0.3, 0.4) is 0 Å². The number of sulfonamides is 1. The third-order valence-corrected chi connectivity index (χ3v) is 8.97. The van der Waals surface area contributed by atoms with Crippen LogP contribution in [0.25, 0.3) is 22.0 Å². The molecule has 1 unspecified atom stereocenters. The Balaban J connectivity index is 1.43. The molecule has 9 nitrogen and oxygen atoms in total. The molecule has 1 fully saturated rings. The van der Waals surface area contributed by atoms with E-state index in [9.17, 15) is 13.2 Å². The molecule has 1 amide bonds. The van der Waals surface area contributed by atoms with Crippen LogP contribution in [-0.4, -0.2) is 52.6 Å². The highest BCUT2D eigenvalue weighted by Gasteiger charge is 2.33. The van der Waals surface area contributed by atoms with Crippen LogP contribution < -0.4 is 11.5 Å². The zero-order valence-corrected chi connectivity index (χ0v) is 20.9. The van der Waals surface area contributed by atoms with Crippen molar-refractivity contribution in [3.8, 4) is 11.1 Å². The number of amides is 1. The summed E-state index contributed by atoms with van der Waals surface area (Å²) in [7, 11) is -3.75. The van der Waals surface area contributed by atoms with Gasteiger partial charge in [0.1, 0.15) is 5.69 Å². The standard InChI is InChI=1S/C27H26N6O3S/c28-20-11-12-33(16-20)37(35,36)24-8-4-3-7-21(24)17-9-10-23-22(13-17)25(31-27(29)30-23)26(34)32-14-18-5-1-2-6-19(18)15-32/h1-10,13,20H,11-12,14-16,28H2,(H2,29,30,31). The van der Waals surface area contributed by atoms with Crippen LogP contribution in [0.15, 0.2) is 71.6 Å². The molecule has 1 atom stereocenters. The second-order valence-corrected chi connectivity index (χ2v) is 11.4. The Kier molecular flexibility index (Phi) is 5.67. The maximum absolute atomic E-state index is 13.6. The number of carbonyl (C=O) groups is 1. The van der Waals surface area contributed by atoms with Gasteiger partial charge in [0.25, 0.3) is 5.91 Å². The SMILES string of the molecule is Nc1nc(C(=O)N2Cc3ccccc3C2)c2cc(-c3ccccc3S(=O)(=O)N3CCC(N)C3)ccc2n1. The number of rotatable bonds is 4. The smallest absolute Gasteiger partial charge is 0.273 e. The fourth-order valence-electron chi connectivity index (χ4n) is 5.14. The monoisotopic (exact) mass is 514 g/mol. The Bertz CT molecular complexity index is 1630. The molecule has 0 saturated carbocycles. The molecule has 1 aromatic heterocycles. The Morgan fingerprint density at radius 2 is 1.65 bits per heavy atom. The highest BCUT2D eigenvalue weighted by molar-refractivity contribution is 7.89. The minimum Gasteiger partial charge on any atom is -0.368 e. The van der Waals surface area contributed by atoms with Crippen LogP contribution in [0.4, 0.5) is 5.95 Å². The van der Waals surface area contributed by atoms with E-state index in [0.29, 0.717) is 54.6 Å². The average Bonchev–Trinajstić information content (AvgIpc) is 3.54. The number of anilines is 1. The zero-order valence-electron chi connectivity index (χ0n) is 20.0. The first kappa shape index (κ1) is 23.5. The van der Waals surface area contributed by atoms with Gasteiger partial charge in [-0.25, -0.2) is 18.4 Å². The van der Waals surface area contributed by atoms with Crippen molar-refractivity contribution in [2.24, 2.45) is 5.73 Å². The fourth-order valence-corrected chi connectivity index (χ4v) is 6.87. The molecular weight excluding hydrogens is 488 g/mol. The van der Waals surface area contributed by atoms with Crippen molar-refractivity contribution < 1.29 is 13.2 Å². The van der Waals surface area contributed by atoms with Gasteiger partial charge in [-0.3, -0.25) is 4.79 Å². The van der Waals surface area contributed by atoms with E-state index in [4.69, 9.17) is 11.5 Å². The first-order valence-electron chi connectivity index (χ1n) is 12.1. The van der Waals surface area contributed by atoms with Crippen LogP contribution in [0.1, 0.15) is 28.0 Å². The lowest BCUT2D eigenvalue weighted by molar-refractivity contribution is 0.0747. The summed E-state index contributed by atoms with van der Waals surface area (Å²) in [5, 5.41) is 0.517. The highest BCUT2D eigenvalue weighted by atomic mass is 32.2. The van der Waals surface area contributed by atoms with Gasteiger partial charge < -0.3 is 16.4 Å². The zero-order chi connectivity index (χ0) is 25.7. The summed E-state index contributed by atoms with van der Waals surface area (Å²) in [6.07, 6.45) is 0.627. The Morgan fingerprint density at radius 3 is 2.35 bits per heavy atom. The van der Waals surface area contributed by atoms with Gasteiger partial charge in [-0.1, -0.05) is 48.5 Å². The Hall–Kier alpha value is -3.86. The van der Waals surface area contributed by atoms with E-state index < -0.39 is 10.0 Å². The van der Waals surface area contributed by atoms with Gasteiger partial charge in [0, 0.05) is 43.2 Å². The van der Waals surface area contributed by atoms with Gasteiger partial charge in [-0.2, -0.15) is 4.31 Å². The maximum Gasteiger partial charge on any atom is 0.273 e. The average molecular weight is 515 g/mol. The molecule has 6 rings (SSSR count). The predicted molar refractivity (Wildman–Crippen MR) is 141 cm³/mol. The fraction of sp³-hybridized carbons (Fsp3) is 0.222. The molecule has 4 N–H and O–H groups in total. The Labute approximate surface area is 214 Å². The summed E-state index contributed by atoms with van der Waals surface area (Å²) < 4.78 is 28.4. The number of hydrogen-bond donors (Lipinski definition) is 2. The van der Waals surface area contributed by atoms with Gasteiger partial charge in [-0.05, 0) is 41.3 Å². The minimum absolute atomic E-state index is 0.00802. The molecule has 0 spiro atoms. The molecule has 2 aliphatic heterocycles. The lowest BCUT2D eigenvalue weighted by Crippen LogP contribution is -2.32. The van der Waals surface area contributed by atoms with Crippen molar-refractivity contribution >= 4 is 32.8 Å². The number of nitrogens with zero attached hydrogens (tertiary/aromatic N) is 4. The van der Waals surface area contributed by atoms with Gasteiger partial charge >= 0.3 is 0 Å². The molecule has 10 heteroatoms. The first-order valence-corrected chi connectivity index (χ1v) is 13.5. The molecule has 3 aromatic carbocycles. The third kappa shape index (κ3) is 4.12. The molecule has 188 valence electrons. The van der Waals surface area contributed by atoms with Crippen molar-refractivity contribution in [2.75, 3.05) is 18.8 Å². The molecule has 0 radical (unpaired) electrons. The summed E-state index contributed by atoms with van der Waals surface area (Å²) in [4.78, 5) is 24.2. The largest absolute Gasteiger partial charge is 0.368 e. The second-order valence-electron chi connectivity index (χ2n) is 9.50. The lowest BCUT2D eigenvalue weighted by Gasteiger charge is -2.19. The van der Waals surface area contributed by atoms with Gasteiger partial charge in [-0.15, -0.1) is 0 Å². The molecule has 37 heavy (non-hydrogen) atoms. The molecule has 4 aromatic rings. The van der Waals surface area contributed by atoms with Crippen LogP contribution in [0.5, 0.6) is 0 Å². The number of aromatic nitrogens is 2. The highest BCUT2D eigenvalue weighted by Crippen LogP contribution is 2.34. The van der Waals surface area contributed by atoms with E-state index in [1.165, 1.54) is 4.31 Å². The second kappa shape index (κ2) is 8.91. The summed E-state index contributed by atoms with van der Waals surface area (Å²) in [5.74, 6) is -0.243. The third-order valence-electron chi connectivity index (χ3n) is 7.05. The van der Waals surface area contributed by atoms with Crippen molar-refractivity contribution in [3.05, 3.63) is 83.6 Å². The van der Waals surface area contributed by atoms with Gasteiger partial charge in [0.2, 0.25) is 16.0 Å². The summed E-state index contributed by atoms with van der Waals surface area (Å²) >= 11 is 0.